The van der Waals surface area contributed by atoms with Gasteiger partial charge in [0, 0.05) is 5.69 Å². The van der Waals surface area contributed by atoms with Gasteiger partial charge in [-0.25, -0.2) is 9.97 Å². The molecule has 2 heterocycles. The first-order valence-electron chi connectivity index (χ1n) is 4.87. The Balaban J connectivity index is 2.32. The van der Waals surface area contributed by atoms with E-state index < -0.39 is 0 Å². The van der Waals surface area contributed by atoms with Gasteiger partial charge in [-0.1, -0.05) is 18.2 Å². The van der Waals surface area contributed by atoms with Gasteiger partial charge in [0.05, 0.1) is 0 Å². The molecule has 4 nitrogen and oxygen atoms in total. The van der Waals surface area contributed by atoms with Crippen LogP contribution >= 0.6 is 34.2 Å². The van der Waals surface area contributed by atoms with Crippen LogP contribution in [0.4, 0.5) is 0 Å². The predicted octanol–water partition coefficient (Wildman–Crippen LogP) is 3.07. The molecular weight excluding hydrogens is 351 g/mol. The molecule has 0 aliphatic carbocycles. The van der Waals surface area contributed by atoms with Crippen molar-refractivity contribution in [3.05, 3.63) is 45.6 Å². The Bertz CT molecular complexity index is 681. The van der Waals surface area contributed by atoms with E-state index >= 15 is 0 Å². The smallest absolute Gasteiger partial charge is 0.225 e. The Labute approximate surface area is 116 Å². The van der Waals surface area contributed by atoms with Crippen LogP contribution in [0.2, 0.25) is 5.28 Å². The molecular formula is C11H6ClIN4. The van der Waals surface area contributed by atoms with Crippen molar-refractivity contribution in [1.29, 1.82) is 0 Å². The highest BCUT2D eigenvalue weighted by atomic mass is 127. The van der Waals surface area contributed by atoms with E-state index in [0.29, 0.717) is 0 Å². The Kier molecular flexibility index (Phi) is 2.71. The summed E-state index contributed by atoms with van der Waals surface area (Å²) in [5.41, 5.74) is 2.49. The Morgan fingerprint density at radius 2 is 1.88 bits per heavy atom. The summed E-state index contributed by atoms with van der Waals surface area (Å²) in [5, 5.41) is 0.236. The average molecular weight is 357 g/mol. The molecule has 84 valence electrons. The van der Waals surface area contributed by atoms with Gasteiger partial charge in [-0.05, 0) is 46.3 Å². The van der Waals surface area contributed by atoms with Crippen LogP contribution < -0.4 is 0 Å². The van der Waals surface area contributed by atoms with Crippen LogP contribution in [0.15, 0.2) is 36.7 Å². The van der Waals surface area contributed by atoms with Crippen LogP contribution in [0.25, 0.3) is 16.9 Å². The van der Waals surface area contributed by atoms with E-state index in [1.807, 2.05) is 34.9 Å². The topological polar surface area (TPSA) is 43.6 Å². The maximum atomic E-state index is 5.87. The normalized spacial score (nSPS) is 10.9. The molecule has 3 aromatic rings. The average Bonchev–Trinajstić information content (AvgIpc) is 2.74. The van der Waals surface area contributed by atoms with Gasteiger partial charge in [0.2, 0.25) is 5.28 Å². The van der Waals surface area contributed by atoms with Crippen LogP contribution in [0, 0.1) is 3.70 Å². The summed E-state index contributed by atoms with van der Waals surface area (Å²) in [6, 6.07) is 9.88. The van der Waals surface area contributed by atoms with E-state index in [1.165, 1.54) is 0 Å². The van der Waals surface area contributed by atoms with Gasteiger partial charge in [-0.15, -0.1) is 0 Å². The number of hydrogen-bond donors (Lipinski definition) is 0. The third-order valence-corrected chi connectivity index (χ3v) is 3.28. The lowest BCUT2D eigenvalue weighted by Crippen LogP contribution is -1.95. The molecule has 0 bridgehead atoms. The van der Waals surface area contributed by atoms with Crippen molar-refractivity contribution in [3.8, 4) is 5.69 Å². The number of rotatable bonds is 1. The van der Waals surface area contributed by atoms with Gasteiger partial charge in [0.25, 0.3) is 0 Å². The summed E-state index contributed by atoms with van der Waals surface area (Å²) in [6.45, 7) is 0. The van der Waals surface area contributed by atoms with Crippen molar-refractivity contribution < 1.29 is 0 Å². The standard InChI is InChI=1S/C11H6ClIN4/c12-11-15-9(13)8-10(16-11)17(6-14-8)7-4-2-1-3-5-7/h1-6H. The van der Waals surface area contributed by atoms with E-state index in [0.717, 1.165) is 20.6 Å². The van der Waals surface area contributed by atoms with Crippen molar-refractivity contribution in [2.24, 2.45) is 0 Å². The first-order valence-corrected chi connectivity index (χ1v) is 6.33. The molecule has 0 spiro atoms. The molecule has 6 heteroatoms. The Hall–Kier alpha value is -1.21. The zero-order valence-corrected chi connectivity index (χ0v) is 11.4. The Morgan fingerprint density at radius 1 is 1.12 bits per heavy atom. The van der Waals surface area contributed by atoms with Crippen molar-refractivity contribution in [1.82, 2.24) is 19.5 Å². The van der Waals surface area contributed by atoms with Crippen LogP contribution in [0.5, 0.6) is 0 Å². The molecule has 0 atom stereocenters. The van der Waals surface area contributed by atoms with Gasteiger partial charge >= 0.3 is 0 Å². The van der Waals surface area contributed by atoms with Crippen LogP contribution in [0.1, 0.15) is 0 Å². The molecule has 2 aromatic heterocycles. The summed E-state index contributed by atoms with van der Waals surface area (Å²) in [7, 11) is 0. The van der Waals surface area contributed by atoms with Crippen molar-refractivity contribution in [2.45, 2.75) is 0 Å². The molecule has 3 rings (SSSR count). The number of fused-ring (bicyclic) bond motifs is 1. The molecule has 0 aliphatic heterocycles. The molecule has 0 unspecified atom stereocenters. The molecule has 0 N–H and O–H groups in total. The van der Waals surface area contributed by atoms with Crippen LogP contribution in [-0.2, 0) is 0 Å². The molecule has 0 radical (unpaired) electrons. The number of aromatic nitrogens is 4. The molecule has 1 aromatic carbocycles. The van der Waals surface area contributed by atoms with Crippen LogP contribution in [0.3, 0.4) is 0 Å². The summed E-state index contributed by atoms with van der Waals surface area (Å²) in [4.78, 5) is 12.6. The Morgan fingerprint density at radius 3 is 2.65 bits per heavy atom. The largest absolute Gasteiger partial charge is 0.283 e. The third-order valence-electron chi connectivity index (χ3n) is 2.36. The third kappa shape index (κ3) is 1.89. The van der Waals surface area contributed by atoms with Gasteiger partial charge in [-0.3, -0.25) is 4.57 Å². The lowest BCUT2D eigenvalue weighted by atomic mass is 10.3. The van der Waals surface area contributed by atoms with E-state index in [-0.39, 0.29) is 5.28 Å². The zero-order chi connectivity index (χ0) is 11.8. The van der Waals surface area contributed by atoms with Gasteiger partial charge in [0.15, 0.2) is 5.65 Å². The monoisotopic (exact) mass is 356 g/mol. The van der Waals surface area contributed by atoms with Crippen molar-refractivity contribution >= 4 is 45.4 Å². The summed E-state index contributed by atoms with van der Waals surface area (Å²) >= 11 is 7.98. The van der Waals surface area contributed by atoms with Gasteiger partial charge < -0.3 is 0 Å². The van der Waals surface area contributed by atoms with Crippen molar-refractivity contribution in [3.63, 3.8) is 0 Å². The van der Waals surface area contributed by atoms with Crippen molar-refractivity contribution in [2.75, 3.05) is 0 Å². The van der Waals surface area contributed by atoms with E-state index in [4.69, 9.17) is 11.6 Å². The molecule has 0 aliphatic rings. The maximum absolute atomic E-state index is 5.87. The number of hydrogen-bond acceptors (Lipinski definition) is 3. The second-order valence-corrected chi connectivity index (χ2v) is 4.77. The summed E-state index contributed by atoms with van der Waals surface area (Å²) in [6.07, 6.45) is 1.73. The summed E-state index contributed by atoms with van der Waals surface area (Å²) < 4.78 is 2.65. The fourth-order valence-electron chi connectivity index (χ4n) is 1.62. The number of nitrogens with zero attached hydrogens (tertiary/aromatic N) is 4. The number of halogens is 2. The summed E-state index contributed by atoms with van der Waals surface area (Å²) in [5.74, 6) is 0. The predicted molar refractivity (Wildman–Crippen MR) is 74.4 cm³/mol. The zero-order valence-electron chi connectivity index (χ0n) is 8.51. The van der Waals surface area contributed by atoms with Gasteiger partial charge in [0.1, 0.15) is 15.5 Å². The minimum Gasteiger partial charge on any atom is -0.283 e. The molecule has 0 saturated heterocycles. The minimum atomic E-state index is 0.236. The fourth-order valence-corrected chi connectivity index (χ4v) is 2.53. The lowest BCUT2D eigenvalue weighted by molar-refractivity contribution is 1.06. The van der Waals surface area contributed by atoms with E-state index in [9.17, 15) is 0 Å². The highest BCUT2D eigenvalue weighted by Gasteiger charge is 2.11. The van der Waals surface area contributed by atoms with Crippen LogP contribution in [-0.4, -0.2) is 19.5 Å². The first kappa shape index (κ1) is 10.9. The number of para-hydroxylation sites is 1. The number of imidazole rings is 1. The second-order valence-electron chi connectivity index (χ2n) is 3.41. The quantitative estimate of drug-likeness (QED) is 0.382. The lowest BCUT2D eigenvalue weighted by Gasteiger charge is -2.02. The minimum absolute atomic E-state index is 0.236. The number of benzene rings is 1. The molecule has 0 fully saturated rings. The highest BCUT2D eigenvalue weighted by Crippen LogP contribution is 2.21. The molecule has 0 saturated carbocycles. The maximum Gasteiger partial charge on any atom is 0.225 e. The molecule has 0 amide bonds. The van der Waals surface area contributed by atoms with E-state index in [1.54, 1.807) is 6.33 Å². The van der Waals surface area contributed by atoms with E-state index in [2.05, 4.69) is 37.5 Å². The highest BCUT2D eigenvalue weighted by molar-refractivity contribution is 14.1. The first-order chi connectivity index (χ1) is 8.25. The molecule has 17 heavy (non-hydrogen) atoms. The second kappa shape index (κ2) is 4.23. The van der Waals surface area contributed by atoms with Gasteiger partial charge in [-0.2, -0.15) is 4.98 Å². The SMILES string of the molecule is Clc1nc(I)c2ncn(-c3ccccc3)c2n1. The fraction of sp³-hybridized carbons (Fsp3) is 0.